The summed E-state index contributed by atoms with van der Waals surface area (Å²) < 4.78 is 10.3. The highest BCUT2D eigenvalue weighted by molar-refractivity contribution is 5.91. The normalized spacial score (nSPS) is 14.6. The number of hydrogen-bond donors (Lipinski definition) is 0. The highest BCUT2D eigenvalue weighted by atomic mass is 16.5. The molecule has 1 aliphatic heterocycles. The van der Waals surface area contributed by atoms with Crippen LogP contribution in [0.1, 0.15) is 15.9 Å². The van der Waals surface area contributed by atoms with E-state index < -0.39 is 5.97 Å². The minimum absolute atomic E-state index is 0.161. The summed E-state index contributed by atoms with van der Waals surface area (Å²) in [4.78, 5) is 28.5. The molecule has 0 spiro atoms. The number of piperazine rings is 1. The Morgan fingerprint density at radius 1 is 0.963 bits per heavy atom. The molecule has 0 aromatic heterocycles. The van der Waals surface area contributed by atoms with Gasteiger partial charge in [0, 0.05) is 32.7 Å². The molecule has 2 aromatic rings. The summed E-state index contributed by atoms with van der Waals surface area (Å²) in [5, 5.41) is 0. The summed E-state index contributed by atoms with van der Waals surface area (Å²) in [5.41, 5.74) is 1.64. The van der Waals surface area contributed by atoms with Crippen molar-refractivity contribution in [3.05, 3.63) is 65.7 Å². The maximum absolute atomic E-state index is 12.3. The smallest absolute Gasteiger partial charge is 0.338 e. The fourth-order valence-corrected chi connectivity index (χ4v) is 3.05. The molecule has 2 aromatic carbocycles. The van der Waals surface area contributed by atoms with Gasteiger partial charge in [0.2, 0.25) is 0 Å². The van der Waals surface area contributed by atoms with Crippen LogP contribution in [0.3, 0.4) is 0 Å². The van der Waals surface area contributed by atoms with E-state index in [1.54, 1.807) is 29.2 Å². The Morgan fingerprint density at radius 3 is 2.41 bits per heavy atom. The molecule has 0 N–H and O–H groups in total. The molecule has 6 nitrogen and oxygen atoms in total. The molecule has 6 heteroatoms. The molecule has 0 atom stereocenters. The van der Waals surface area contributed by atoms with Crippen LogP contribution in [0.25, 0.3) is 0 Å². The van der Waals surface area contributed by atoms with Crippen molar-refractivity contribution >= 4 is 11.9 Å². The Balaban J connectivity index is 1.43. The number of carbonyl (C=O) groups is 2. The number of rotatable bonds is 6. The van der Waals surface area contributed by atoms with E-state index >= 15 is 0 Å². The summed E-state index contributed by atoms with van der Waals surface area (Å²) in [7, 11) is 1.53. The Labute approximate surface area is 159 Å². The van der Waals surface area contributed by atoms with E-state index in [9.17, 15) is 9.59 Å². The maximum Gasteiger partial charge on any atom is 0.338 e. The van der Waals surface area contributed by atoms with E-state index in [0.29, 0.717) is 24.4 Å². The van der Waals surface area contributed by atoms with Crippen molar-refractivity contribution in [2.24, 2.45) is 0 Å². The zero-order valence-corrected chi connectivity index (χ0v) is 15.5. The predicted molar refractivity (Wildman–Crippen MR) is 102 cm³/mol. The van der Waals surface area contributed by atoms with Gasteiger partial charge in [0.25, 0.3) is 5.91 Å². The summed E-state index contributed by atoms with van der Waals surface area (Å²) in [6, 6.07) is 17.0. The average molecular weight is 368 g/mol. The first-order valence-corrected chi connectivity index (χ1v) is 9.01. The van der Waals surface area contributed by atoms with Gasteiger partial charge >= 0.3 is 5.97 Å². The first-order valence-electron chi connectivity index (χ1n) is 9.01. The quantitative estimate of drug-likeness (QED) is 0.732. The van der Waals surface area contributed by atoms with Crippen molar-refractivity contribution < 1.29 is 19.1 Å². The number of benzene rings is 2. The Morgan fingerprint density at radius 2 is 1.70 bits per heavy atom. The first-order chi connectivity index (χ1) is 13.2. The number of nitrogens with zero attached hydrogens (tertiary/aromatic N) is 2. The van der Waals surface area contributed by atoms with Gasteiger partial charge in [-0.2, -0.15) is 0 Å². The van der Waals surface area contributed by atoms with Crippen LogP contribution in [-0.4, -0.2) is 61.6 Å². The SMILES string of the molecule is COc1cccc(C(=O)OCC(=O)N2CCN(Cc3ccccc3)CC2)c1. The second-order valence-corrected chi connectivity index (χ2v) is 6.45. The van der Waals surface area contributed by atoms with Crippen LogP contribution >= 0.6 is 0 Å². The number of esters is 1. The Bertz CT molecular complexity index is 771. The molecular weight excluding hydrogens is 344 g/mol. The number of amides is 1. The van der Waals surface area contributed by atoms with Gasteiger partial charge in [0.1, 0.15) is 5.75 Å². The van der Waals surface area contributed by atoms with Gasteiger partial charge in [0.05, 0.1) is 12.7 Å². The van der Waals surface area contributed by atoms with Crippen molar-refractivity contribution in [2.45, 2.75) is 6.54 Å². The van der Waals surface area contributed by atoms with Crippen molar-refractivity contribution in [1.82, 2.24) is 9.80 Å². The van der Waals surface area contributed by atoms with E-state index in [1.807, 2.05) is 18.2 Å². The minimum Gasteiger partial charge on any atom is -0.497 e. The first kappa shape index (κ1) is 18.9. The lowest BCUT2D eigenvalue weighted by molar-refractivity contribution is -0.136. The monoisotopic (exact) mass is 368 g/mol. The van der Waals surface area contributed by atoms with Crippen molar-refractivity contribution in [2.75, 3.05) is 39.9 Å². The second kappa shape index (κ2) is 9.19. The van der Waals surface area contributed by atoms with Crippen molar-refractivity contribution in [3.63, 3.8) is 0 Å². The molecule has 1 aliphatic rings. The number of carbonyl (C=O) groups excluding carboxylic acids is 2. The molecule has 1 fully saturated rings. The molecule has 1 amide bonds. The minimum atomic E-state index is -0.523. The van der Waals surface area contributed by atoms with E-state index in [0.717, 1.165) is 19.6 Å². The average Bonchev–Trinajstić information content (AvgIpc) is 2.73. The largest absolute Gasteiger partial charge is 0.497 e. The topological polar surface area (TPSA) is 59.1 Å². The summed E-state index contributed by atoms with van der Waals surface area (Å²) in [6.45, 7) is 3.54. The molecule has 0 saturated carbocycles. The fourth-order valence-electron chi connectivity index (χ4n) is 3.05. The summed E-state index contributed by atoms with van der Waals surface area (Å²) in [6.07, 6.45) is 0. The lowest BCUT2D eigenvalue weighted by Gasteiger charge is -2.34. The van der Waals surface area contributed by atoms with E-state index in [4.69, 9.17) is 9.47 Å². The van der Waals surface area contributed by atoms with Gasteiger partial charge in [-0.3, -0.25) is 9.69 Å². The molecule has 0 unspecified atom stereocenters. The number of methoxy groups -OCH3 is 1. The molecule has 1 heterocycles. The fraction of sp³-hybridized carbons (Fsp3) is 0.333. The third kappa shape index (κ3) is 5.31. The third-order valence-corrected chi connectivity index (χ3v) is 4.61. The van der Waals surface area contributed by atoms with E-state index in [2.05, 4.69) is 17.0 Å². The third-order valence-electron chi connectivity index (χ3n) is 4.61. The molecule has 0 radical (unpaired) electrons. The highest BCUT2D eigenvalue weighted by Crippen LogP contribution is 2.14. The van der Waals surface area contributed by atoms with Gasteiger partial charge in [0.15, 0.2) is 6.61 Å². The molecule has 3 rings (SSSR count). The summed E-state index contributed by atoms with van der Waals surface area (Å²) in [5.74, 6) is -0.110. The lowest BCUT2D eigenvalue weighted by Crippen LogP contribution is -2.49. The van der Waals surface area contributed by atoms with Gasteiger partial charge in [-0.25, -0.2) is 4.79 Å². The highest BCUT2D eigenvalue weighted by Gasteiger charge is 2.22. The zero-order chi connectivity index (χ0) is 19.1. The lowest BCUT2D eigenvalue weighted by atomic mass is 10.2. The predicted octanol–water partition coefficient (Wildman–Crippen LogP) is 2.20. The molecule has 142 valence electrons. The number of hydrogen-bond acceptors (Lipinski definition) is 5. The molecule has 27 heavy (non-hydrogen) atoms. The van der Waals surface area contributed by atoms with Crippen LogP contribution in [0, 0.1) is 0 Å². The van der Waals surface area contributed by atoms with Crippen LogP contribution in [0.4, 0.5) is 0 Å². The van der Waals surface area contributed by atoms with Gasteiger partial charge in [-0.15, -0.1) is 0 Å². The standard InChI is InChI=1S/C21H24N2O4/c1-26-19-9-5-8-18(14-19)21(25)27-16-20(24)23-12-10-22(11-13-23)15-17-6-3-2-4-7-17/h2-9,14H,10-13,15-16H2,1H3. The molecule has 0 aliphatic carbocycles. The van der Waals surface area contributed by atoms with Gasteiger partial charge in [-0.05, 0) is 23.8 Å². The van der Waals surface area contributed by atoms with Crippen LogP contribution in [-0.2, 0) is 16.1 Å². The Hall–Kier alpha value is -2.86. The molecule has 0 bridgehead atoms. The van der Waals surface area contributed by atoms with Crippen LogP contribution in [0.5, 0.6) is 5.75 Å². The summed E-state index contributed by atoms with van der Waals surface area (Å²) >= 11 is 0. The Kier molecular flexibility index (Phi) is 6.44. The van der Waals surface area contributed by atoms with Crippen molar-refractivity contribution in [3.8, 4) is 5.75 Å². The van der Waals surface area contributed by atoms with E-state index in [1.165, 1.54) is 12.7 Å². The van der Waals surface area contributed by atoms with E-state index in [-0.39, 0.29) is 12.5 Å². The number of ether oxygens (including phenoxy) is 2. The van der Waals surface area contributed by atoms with Gasteiger partial charge < -0.3 is 14.4 Å². The maximum atomic E-state index is 12.3. The van der Waals surface area contributed by atoms with Gasteiger partial charge in [-0.1, -0.05) is 36.4 Å². The van der Waals surface area contributed by atoms with Crippen LogP contribution < -0.4 is 4.74 Å². The zero-order valence-electron chi connectivity index (χ0n) is 15.5. The molecule has 1 saturated heterocycles. The van der Waals surface area contributed by atoms with Crippen LogP contribution in [0.15, 0.2) is 54.6 Å². The van der Waals surface area contributed by atoms with Crippen LogP contribution in [0.2, 0.25) is 0 Å². The van der Waals surface area contributed by atoms with Crippen molar-refractivity contribution in [1.29, 1.82) is 0 Å². The molecular formula is C21H24N2O4. The second-order valence-electron chi connectivity index (χ2n) is 6.45.